The van der Waals surface area contributed by atoms with E-state index in [1.165, 1.54) is 12.3 Å². The lowest BCUT2D eigenvalue weighted by atomic mass is 10.2. The van der Waals surface area contributed by atoms with Gasteiger partial charge in [-0.15, -0.1) is 0 Å². The molecule has 2 aromatic rings. The second-order valence-corrected chi connectivity index (χ2v) is 2.56. The topological polar surface area (TPSA) is 66.0 Å². The molecule has 2 heterocycles. The number of aromatic amines is 1. The normalized spacial score (nSPS) is 10.5. The number of H-pyrrole nitrogens is 1. The zero-order valence-electron chi connectivity index (χ0n) is 6.41. The molecule has 2 aromatic heterocycles. The minimum atomic E-state index is -1.12. The van der Waals surface area contributed by atoms with E-state index in [1.807, 2.05) is 0 Å². The highest BCUT2D eigenvalue weighted by molar-refractivity contribution is 5.91. The van der Waals surface area contributed by atoms with E-state index in [9.17, 15) is 9.18 Å². The van der Waals surface area contributed by atoms with Gasteiger partial charge in [-0.1, -0.05) is 0 Å². The Labute approximate surface area is 72.0 Å². The summed E-state index contributed by atoms with van der Waals surface area (Å²) in [5.74, 6) is -1.61. The van der Waals surface area contributed by atoms with Crippen LogP contribution in [0.1, 0.15) is 10.4 Å². The molecule has 2 rings (SSSR count). The Morgan fingerprint density at radius 2 is 2.38 bits per heavy atom. The van der Waals surface area contributed by atoms with Crippen LogP contribution < -0.4 is 0 Å². The molecule has 66 valence electrons. The molecular weight excluding hydrogens is 175 g/mol. The van der Waals surface area contributed by atoms with E-state index in [2.05, 4.69) is 9.97 Å². The summed E-state index contributed by atoms with van der Waals surface area (Å²) in [4.78, 5) is 16.8. The number of carboxylic acid groups (broad SMARTS) is 1. The van der Waals surface area contributed by atoms with Crippen molar-refractivity contribution in [2.24, 2.45) is 0 Å². The Hall–Kier alpha value is -1.91. The van der Waals surface area contributed by atoms with Crippen molar-refractivity contribution in [2.75, 3.05) is 0 Å². The number of fused-ring (bicyclic) bond motifs is 1. The largest absolute Gasteiger partial charge is 0.478 e. The summed E-state index contributed by atoms with van der Waals surface area (Å²) in [6.07, 6.45) is 2.32. The first-order chi connectivity index (χ1) is 6.18. The van der Waals surface area contributed by atoms with Crippen molar-refractivity contribution in [3.05, 3.63) is 29.8 Å². The van der Waals surface area contributed by atoms with Crippen molar-refractivity contribution in [2.45, 2.75) is 0 Å². The molecule has 0 aromatic carbocycles. The molecule has 0 radical (unpaired) electrons. The van der Waals surface area contributed by atoms with E-state index in [0.717, 1.165) is 6.20 Å². The van der Waals surface area contributed by atoms with Crippen LogP contribution in [-0.4, -0.2) is 21.0 Å². The van der Waals surface area contributed by atoms with E-state index in [4.69, 9.17) is 5.11 Å². The van der Waals surface area contributed by atoms with E-state index < -0.39 is 11.8 Å². The standard InChI is InChI=1S/C8H5FN2O2/c9-6-3-11-7-5(6)1-4(2-10-7)8(12)13/h1-3H,(H,10,11)(H,12,13). The monoisotopic (exact) mass is 180 g/mol. The van der Waals surface area contributed by atoms with Gasteiger partial charge >= 0.3 is 5.97 Å². The summed E-state index contributed by atoms with van der Waals surface area (Å²) in [5, 5.41) is 8.79. The van der Waals surface area contributed by atoms with Crippen molar-refractivity contribution in [3.8, 4) is 0 Å². The summed E-state index contributed by atoms with van der Waals surface area (Å²) in [5.41, 5.74) is 0.327. The summed E-state index contributed by atoms with van der Waals surface area (Å²) in [6, 6.07) is 1.25. The van der Waals surface area contributed by atoms with E-state index in [1.54, 1.807) is 0 Å². The third-order valence-corrected chi connectivity index (χ3v) is 1.73. The molecular formula is C8H5FN2O2. The zero-order valence-corrected chi connectivity index (χ0v) is 6.41. The highest BCUT2D eigenvalue weighted by Crippen LogP contribution is 2.15. The third-order valence-electron chi connectivity index (χ3n) is 1.73. The second kappa shape index (κ2) is 2.55. The van der Waals surface area contributed by atoms with Gasteiger partial charge in [-0.25, -0.2) is 14.2 Å². The van der Waals surface area contributed by atoms with Crippen molar-refractivity contribution in [1.29, 1.82) is 0 Å². The maximum Gasteiger partial charge on any atom is 0.337 e. The third kappa shape index (κ3) is 1.14. The van der Waals surface area contributed by atoms with Gasteiger partial charge in [0.2, 0.25) is 0 Å². The average Bonchev–Trinajstić information content (AvgIpc) is 2.47. The Kier molecular flexibility index (Phi) is 1.51. The molecule has 2 N–H and O–H groups in total. The fraction of sp³-hybridized carbons (Fsp3) is 0. The van der Waals surface area contributed by atoms with Crippen LogP contribution in [0.25, 0.3) is 11.0 Å². The van der Waals surface area contributed by atoms with Crippen LogP contribution in [0.15, 0.2) is 18.5 Å². The molecule has 5 heteroatoms. The minimum absolute atomic E-state index is 0.0222. The lowest BCUT2D eigenvalue weighted by Gasteiger charge is -1.93. The number of nitrogens with one attached hydrogen (secondary N) is 1. The molecule has 0 spiro atoms. The number of aromatic carboxylic acids is 1. The number of aromatic nitrogens is 2. The number of carbonyl (C=O) groups is 1. The van der Waals surface area contributed by atoms with Crippen LogP contribution in [0.5, 0.6) is 0 Å². The summed E-state index contributed by atoms with van der Waals surface area (Å²) >= 11 is 0. The lowest BCUT2D eigenvalue weighted by molar-refractivity contribution is 0.0696. The number of hydrogen-bond donors (Lipinski definition) is 2. The summed E-state index contributed by atoms with van der Waals surface area (Å²) in [6.45, 7) is 0. The number of carboxylic acids is 1. The maximum absolute atomic E-state index is 12.9. The van der Waals surface area contributed by atoms with Crippen LogP contribution in [0.2, 0.25) is 0 Å². The van der Waals surface area contributed by atoms with Crippen molar-refractivity contribution in [1.82, 2.24) is 9.97 Å². The fourth-order valence-electron chi connectivity index (χ4n) is 1.09. The molecule has 0 saturated heterocycles. The number of nitrogens with zero attached hydrogens (tertiary/aromatic N) is 1. The van der Waals surface area contributed by atoms with Crippen molar-refractivity contribution >= 4 is 17.0 Å². The van der Waals surface area contributed by atoms with Gasteiger partial charge in [-0.2, -0.15) is 0 Å². The summed E-state index contributed by atoms with van der Waals surface area (Å²) < 4.78 is 12.9. The van der Waals surface area contributed by atoms with Crippen LogP contribution in [-0.2, 0) is 0 Å². The van der Waals surface area contributed by atoms with Crippen LogP contribution in [0.3, 0.4) is 0 Å². The highest BCUT2D eigenvalue weighted by Gasteiger charge is 2.08. The predicted molar refractivity (Wildman–Crippen MR) is 43.0 cm³/mol. The first kappa shape index (κ1) is 7.72. The highest BCUT2D eigenvalue weighted by atomic mass is 19.1. The van der Waals surface area contributed by atoms with E-state index in [0.29, 0.717) is 5.65 Å². The molecule has 13 heavy (non-hydrogen) atoms. The molecule has 4 nitrogen and oxygen atoms in total. The number of hydrogen-bond acceptors (Lipinski definition) is 2. The minimum Gasteiger partial charge on any atom is -0.478 e. The summed E-state index contributed by atoms with van der Waals surface area (Å²) in [7, 11) is 0. The number of halogens is 1. The average molecular weight is 180 g/mol. The quantitative estimate of drug-likeness (QED) is 0.697. The molecule has 0 aliphatic carbocycles. The van der Waals surface area contributed by atoms with Gasteiger partial charge in [0, 0.05) is 12.4 Å². The molecule has 0 aliphatic rings. The molecule has 0 saturated carbocycles. The number of pyridine rings is 1. The van der Waals surface area contributed by atoms with Crippen LogP contribution in [0.4, 0.5) is 4.39 Å². The van der Waals surface area contributed by atoms with Gasteiger partial charge in [0.25, 0.3) is 0 Å². The molecule has 0 unspecified atom stereocenters. The predicted octanol–water partition coefficient (Wildman–Crippen LogP) is 1.40. The van der Waals surface area contributed by atoms with Gasteiger partial charge < -0.3 is 10.1 Å². The van der Waals surface area contributed by atoms with Gasteiger partial charge in [0.15, 0.2) is 0 Å². The molecule has 0 amide bonds. The Bertz CT molecular complexity index is 478. The zero-order chi connectivity index (χ0) is 9.42. The first-order valence-corrected chi connectivity index (χ1v) is 3.54. The van der Waals surface area contributed by atoms with Gasteiger partial charge in [0.1, 0.15) is 11.5 Å². The second-order valence-electron chi connectivity index (χ2n) is 2.56. The Balaban J connectivity index is 2.72. The van der Waals surface area contributed by atoms with Crippen LogP contribution in [0, 0.1) is 5.82 Å². The Morgan fingerprint density at radius 3 is 3.08 bits per heavy atom. The fourth-order valence-corrected chi connectivity index (χ4v) is 1.09. The Morgan fingerprint density at radius 1 is 1.62 bits per heavy atom. The molecule has 0 atom stereocenters. The van der Waals surface area contributed by atoms with Gasteiger partial charge in [-0.3, -0.25) is 0 Å². The molecule has 0 fully saturated rings. The maximum atomic E-state index is 12.9. The van der Waals surface area contributed by atoms with Crippen molar-refractivity contribution in [3.63, 3.8) is 0 Å². The van der Waals surface area contributed by atoms with E-state index >= 15 is 0 Å². The first-order valence-electron chi connectivity index (χ1n) is 3.54. The molecule has 0 bridgehead atoms. The van der Waals surface area contributed by atoms with Gasteiger partial charge in [-0.05, 0) is 6.07 Å². The van der Waals surface area contributed by atoms with E-state index in [-0.39, 0.29) is 10.9 Å². The number of rotatable bonds is 1. The SMILES string of the molecule is O=C(O)c1cnc2[nH]cc(F)c2c1. The van der Waals surface area contributed by atoms with Crippen molar-refractivity contribution < 1.29 is 14.3 Å². The van der Waals surface area contributed by atoms with Crippen LogP contribution >= 0.6 is 0 Å². The lowest BCUT2D eigenvalue weighted by Crippen LogP contribution is -1.96. The smallest absolute Gasteiger partial charge is 0.337 e. The van der Waals surface area contributed by atoms with Gasteiger partial charge in [0.05, 0.1) is 10.9 Å². The molecule has 0 aliphatic heterocycles.